The minimum atomic E-state index is -2.91. The summed E-state index contributed by atoms with van der Waals surface area (Å²) in [5.74, 6) is 0.0165. The molecule has 0 spiro atoms. The second kappa shape index (κ2) is 9.33. The van der Waals surface area contributed by atoms with Gasteiger partial charge in [0.1, 0.15) is 17.5 Å². The molecule has 0 radical (unpaired) electrons. The van der Waals surface area contributed by atoms with Crippen LogP contribution in [0.3, 0.4) is 0 Å². The first-order valence-corrected chi connectivity index (χ1v) is 11.0. The Balaban J connectivity index is 0.00000324. The van der Waals surface area contributed by atoms with Gasteiger partial charge in [0, 0.05) is 25.3 Å². The van der Waals surface area contributed by atoms with Gasteiger partial charge in [0.25, 0.3) is 6.43 Å². The number of hydrogen-bond donors (Lipinski definition) is 1. The Hall–Kier alpha value is -3.23. The first-order valence-electron chi connectivity index (χ1n) is 11.0. The van der Waals surface area contributed by atoms with Crippen molar-refractivity contribution in [1.29, 1.82) is 0 Å². The first kappa shape index (κ1) is 22.9. The van der Waals surface area contributed by atoms with Crippen LogP contribution in [0.5, 0.6) is 0 Å². The zero-order chi connectivity index (χ0) is 23.7. The topological polar surface area (TPSA) is 72.2 Å². The lowest BCUT2D eigenvalue weighted by atomic mass is 10.0. The number of hydrogen-bond acceptors (Lipinski definition) is 4. The molecule has 9 heteroatoms. The van der Waals surface area contributed by atoms with Crippen LogP contribution in [-0.4, -0.2) is 20.4 Å². The minimum absolute atomic E-state index is 0. The lowest BCUT2D eigenvalue weighted by Crippen LogP contribution is -2.22. The van der Waals surface area contributed by atoms with E-state index in [1.165, 1.54) is 12.1 Å². The number of halogens is 3. The largest absolute Gasteiger partial charge is 0.331 e. The molecule has 176 valence electrons. The van der Waals surface area contributed by atoms with Gasteiger partial charge in [0.15, 0.2) is 5.49 Å². The molecule has 33 heavy (non-hydrogen) atoms. The van der Waals surface area contributed by atoms with Crippen molar-refractivity contribution < 1.29 is 19.4 Å². The SMILES string of the molecule is Cc1nc(=N[C@H](C)c2cccc(C(F)F)c2F)c2cc(NC(=O)C3CCCC3)ncc2n1C.[HH]. The molecule has 4 rings (SSSR count). The fourth-order valence-electron chi connectivity index (χ4n) is 4.25. The fraction of sp³-hybridized carbons (Fsp3) is 0.417. The number of anilines is 1. The van der Waals surface area contributed by atoms with Crippen molar-refractivity contribution in [2.75, 3.05) is 5.32 Å². The number of rotatable bonds is 5. The van der Waals surface area contributed by atoms with Gasteiger partial charge in [-0.1, -0.05) is 31.0 Å². The third-order valence-corrected chi connectivity index (χ3v) is 6.28. The van der Waals surface area contributed by atoms with Crippen LogP contribution in [0.1, 0.15) is 63.5 Å². The van der Waals surface area contributed by atoms with Gasteiger partial charge >= 0.3 is 0 Å². The number of carbonyl (C=O) groups is 1. The number of pyridine rings is 1. The molecule has 0 bridgehead atoms. The Labute approximate surface area is 191 Å². The molecule has 3 aromatic rings. The highest BCUT2D eigenvalue weighted by Gasteiger charge is 2.23. The van der Waals surface area contributed by atoms with Gasteiger partial charge in [0.05, 0.1) is 23.3 Å². The molecule has 1 fully saturated rings. The van der Waals surface area contributed by atoms with Crippen molar-refractivity contribution in [2.24, 2.45) is 18.0 Å². The molecular formula is C24H28F3N5O. The summed E-state index contributed by atoms with van der Waals surface area (Å²) in [5.41, 5.74) is 0.476. The fourth-order valence-corrected chi connectivity index (χ4v) is 4.25. The number of carbonyl (C=O) groups excluding carboxylic acids is 1. The molecule has 1 N–H and O–H groups in total. The first-order chi connectivity index (χ1) is 15.8. The highest BCUT2D eigenvalue weighted by atomic mass is 19.3. The van der Waals surface area contributed by atoms with Gasteiger partial charge < -0.3 is 9.88 Å². The number of fused-ring (bicyclic) bond motifs is 1. The summed E-state index contributed by atoms with van der Waals surface area (Å²) in [5, 5.41) is 3.50. The van der Waals surface area contributed by atoms with Crippen LogP contribution in [0.25, 0.3) is 10.9 Å². The van der Waals surface area contributed by atoms with Crippen LogP contribution in [0.15, 0.2) is 35.5 Å². The molecule has 0 aliphatic heterocycles. The standard InChI is InChI=1S/C24H26F3N5O.H2/c1-13(16-9-6-10-17(21(16)25)22(26)27)29-23-18-11-20(31-24(33)15-7-4-5-8-15)28-12-19(18)32(3)14(2)30-23;/h6,9-13,15,22H,4-5,7-8H2,1-3H3,(H,28,31,33);1H/t13-;/m1./s1. The predicted octanol–water partition coefficient (Wildman–Crippen LogP) is 5.39. The normalized spacial score (nSPS) is 16.0. The maximum atomic E-state index is 14.7. The molecule has 0 unspecified atom stereocenters. The summed E-state index contributed by atoms with van der Waals surface area (Å²) >= 11 is 0. The average molecular weight is 460 g/mol. The highest BCUT2D eigenvalue weighted by molar-refractivity contribution is 5.93. The van der Waals surface area contributed by atoms with E-state index in [4.69, 9.17) is 0 Å². The maximum Gasteiger partial charge on any atom is 0.266 e. The number of alkyl halides is 2. The van der Waals surface area contributed by atoms with Gasteiger partial charge in [-0.15, -0.1) is 0 Å². The summed E-state index contributed by atoms with van der Waals surface area (Å²) < 4.78 is 42.8. The number of amides is 1. The van der Waals surface area contributed by atoms with Crippen LogP contribution < -0.4 is 10.8 Å². The van der Waals surface area contributed by atoms with Crippen molar-refractivity contribution >= 4 is 22.6 Å². The number of benzene rings is 1. The molecule has 1 aliphatic carbocycles. The van der Waals surface area contributed by atoms with Crippen LogP contribution in [0.2, 0.25) is 0 Å². The third-order valence-electron chi connectivity index (χ3n) is 6.28. The van der Waals surface area contributed by atoms with Crippen molar-refractivity contribution in [3.8, 4) is 0 Å². The Morgan fingerprint density at radius 2 is 1.97 bits per heavy atom. The van der Waals surface area contributed by atoms with E-state index < -0.39 is 23.8 Å². The van der Waals surface area contributed by atoms with E-state index in [1.807, 2.05) is 11.6 Å². The summed E-state index contributed by atoms with van der Waals surface area (Å²) in [6.07, 6.45) is 2.56. The predicted molar refractivity (Wildman–Crippen MR) is 121 cm³/mol. The molecule has 1 aromatic carbocycles. The van der Waals surface area contributed by atoms with E-state index in [-0.39, 0.29) is 18.8 Å². The average Bonchev–Trinajstić information content (AvgIpc) is 3.32. The second-order valence-electron chi connectivity index (χ2n) is 8.46. The monoisotopic (exact) mass is 459 g/mol. The van der Waals surface area contributed by atoms with E-state index in [0.717, 1.165) is 37.3 Å². The van der Waals surface area contributed by atoms with E-state index in [0.29, 0.717) is 22.5 Å². The van der Waals surface area contributed by atoms with E-state index in [9.17, 15) is 18.0 Å². The molecule has 2 heterocycles. The Morgan fingerprint density at radius 1 is 1.27 bits per heavy atom. The molecule has 6 nitrogen and oxygen atoms in total. The number of nitrogens with zero attached hydrogens (tertiary/aromatic N) is 4. The van der Waals surface area contributed by atoms with Crippen LogP contribution >= 0.6 is 0 Å². The van der Waals surface area contributed by atoms with Crippen molar-refractivity contribution in [2.45, 2.75) is 52.0 Å². The third kappa shape index (κ3) is 4.62. The number of nitrogens with one attached hydrogen (secondary N) is 1. The summed E-state index contributed by atoms with van der Waals surface area (Å²) in [7, 11) is 1.84. The van der Waals surface area contributed by atoms with Gasteiger partial charge in [-0.3, -0.25) is 9.79 Å². The second-order valence-corrected chi connectivity index (χ2v) is 8.46. The summed E-state index contributed by atoms with van der Waals surface area (Å²) in [4.78, 5) is 26.0. The quantitative estimate of drug-likeness (QED) is 0.556. The molecule has 1 amide bonds. The maximum absolute atomic E-state index is 14.7. The van der Waals surface area contributed by atoms with Gasteiger partial charge in [-0.2, -0.15) is 0 Å². The van der Waals surface area contributed by atoms with E-state index in [1.54, 1.807) is 26.1 Å². The molecular weight excluding hydrogens is 431 g/mol. The molecule has 1 saturated carbocycles. The lowest BCUT2D eigenvalue weighted by molar-refractivity contribution is -0.119. The lowest BCUT2D eigenvalue weighted by Gasteiger charge is -2.14. The van der Waals surface area contributed by atoms with Crippen LogP contribution in [0, 0.1) is 18.7 Å². The molecule has 2 aromatic heterocycles. The van der Waals surface area contributed by atoms with Crippen molar-refractivity contribution in [1.82, 2.24) is 14.5 Å². The van der Waals surface area contributed by atoms with Gasteiger partial charge in [-0.05, 0) is 32.8 Å². The van der Waals surface area contributed by atoms with Gasteiger partial charge in [-0.25, -0.2) is 23.1 Å². The van der Waals surface area contributed by atoms with E-state index >= 15 is 0 Å². The highest BCUT2D eigenvalue weighted by Crippen LogP contribution is 2.29. The zero-order valence-corrected chi connectivity index (χ0v) is 18.8. The molecule has 1 atom stereocenters. The van der Waals surface area contributed by atoms with Crippen molar-refractivity contribution in [3.63, 3.8) is 0 Å². The van der Waals surface area contributed by atoms with Crippen LogP contribution in [-0.2, 0) is 11.8 Å². The molecule has 1 aliphatic rings. The molecule has 0 saturated heterocycles. The number of aromatic nitrogens is 3. The summed E-state index contributed by atoms with van der Waals surface area (Å²) in [6, 6.07) is 4.86. The van der Waals surface area contributed by atoms with Crippen molar-refractivity contribution in [3.05, 3.63) is 58.7 Å². The Kier molecular flexibility index (Phi) is 6.49. The summed E-state index contributed by atoms with van der Waals surface area (Å²) in [6.45, 7) is 3.43. The minimum Gasteiger partial charge on any atom is -0.331 e. The Bertz CT molecular complexity index is 1270. The Morgan fingerprint density at radius 3 is 2.67 bits per heavy atom. The van der Waals surface area contributed by atoms with E-state index in [2.05, 4.69) is 20.3 Å². The smallest absolute Gasteiger partial charge is 0.266 e. The number of aryl methyl sites for hydroxylation is 2. The zero-order valence-electron chi connectivity index (χ0n) is 18.8. The van der Waals surface area contributed by atoms with Gasteiger partial charge in [0.2, 0.25) is 5.91 Å². The van der Waals surface area contributed by atoms with Crippen LogP contribution in [0.4, 0.5) is 19.0 Å².